The van der Waals surface area contributed by atoms with E-state index in [2.05, 4.69) is 12.0 Å². The highest BCUT2D eigenvalue weighted by atomic mass is 16.5. The molecule has 2 N–H and O–H groups in total. The van der Waals surface area contributed by atoms with E-state index < -0.39 is 0 Å². The Morgan fingerprint density at radius 3 is 2.56 bits per heavy atom. The predicted molar refractivity (Wildman–Crippen MR) is 66.5 cm³/mol. The van der Waals surface area contributed by atoms with Crippen LogP contribution in [0.5, 0.6) is 5.88 Å². The molecule has 92 valence electrons. The van der Waals surface area contributed by atoms with Crippen LogP contribution in [-0.2, 0) is 7.05 Å². The van der Waals surface area contributed by atoms with Crippen LogP contribution in [0.15, 0.2) is 6.20 Å². The zero-order valence-electron chi connectivity index (χ0n) is 10.4. The van der Waals surface area contributed by atoms with Crippen molar-refractivity contribution in [3.05, 3.63) is 6.20 Å². The minimum atomic E-state index is 0.566. The Kier molecular flexibility index (Phi) is 5.75. The zero-order chi connectivity index (χ0) is 11.8. The summed E-state index contributed by atoms with van der Waals surface area (Å²) >= 11 is 0. The van der Waals surface area contributed by atoms with Crippen molar-refractivity contribution in [2.75, 3.05) is 12.3 Å². The van der Waals surface area contributed by atoms with Crippen LogP contribution in [0.1, 0.15) is 45.4 Å². The van der Waals surface area contributed by atoms with Gasteiger partial charge in [-0.15, -0.1) is 5.10 Å². The number of aryl methyl sites for hydroxylation is 1. The first-order valence-electron chi connectivity index (χ1n) is 6.16. The van der Waals surface area contributed by atoms with Gasteiger partial charge in [0.25, 0.3) is 5.88 Å². The Morgan fingerprint density at radius 2 is 1.94 bits per heavy atom. The van der Waals surface area contributed by atoms with E-state index in [4.69, 9.17) is 10.5 Å². The van der Waals surface area contributed by atoms with Gasteiger partial charge < -0.3 is 10.5 Å². The summed E-state index contributed by atoms with van der Waals surface area (Å²) in [5.74, 6) is 0.566. The molecule has 0 bridgehead atoms. The lowest BCUT2D eigenvalue weighted by Crippen LogP contribution is -2.00. The minimum absolute atomic E-state index is 0.566. The van der Waals surface area contributed by atoms with Gasteiger partial charge in [-0.3, -0.25) is 4.68 Å². The molecule has 16 heavy (non-hydrogen) atoms. The number of hydrogen-bond acceptors (Lipinski definition) is 3. The van der Waals surface area contributed by atoms with E-state index in [0.717, 1.165) is 6.42 Å². The molecule has 0 atom stereocenters. The highest BCUT2D eigenvalue weighted by Crippen LogP contribution is 2.17. The molecule has 1 rings (SSSR count). The Balaban J connectivity index is 2.05. The summed E-state index contributed by atoms with van der Waals surface area (Å²) in [5, 5.41) is 4.13. The largest absolute Gasteiger partial charge is 0.475 e. The number of hydrogen-bond donors (Lipinski definition) is 1. The molecule has 1 aromatic rings. The van der Waals surface area contributed by atoms with Gasteiger partial charge in [0.15, 0.2) is 0 Å². The van der Waals surface area contributed by atoms with Crippen molar-refractivity contribution < 1.29 is 4.74 Å². The maximum absolute atomic E-state index is 5.71. The third-order valence-corrected chi connectivity index (χ3v) is 2.56. The van der Waals surface area contributed by atoms with Gasteiger partial charge in [0.2, 0.25) is 0 Å². The van der Waals surface area contributed by atoms with E-state index in [1.165, 1.54) is 32.1 Å². The van der Waals surface area contributed by atoms with Gasteiger partial charge in [0.05, 0.1) is 12.8 Å². The summed E-state index contributed by atoms with van der Waals surface area (Å²) in [4.78, 5) is 0. The van der Waals surface area contributed by atoms with Gasteiger partial charge in [-0.1, -0.05) is 39.0 Å². The maximum Gasteiger partial charge on any atom is 0.256 e. The first-order chi connectivity index (χ1) is 7.74. The summed E-state index contributed by atoms with van der Waals surface area (Å²) < 4.78 is 7.18. The minimum Gasteiger partial charge on any atom is -0.475 e. The lowest BCUT2D eigenvalue weighted by atomic mass is 10.1. The van der Waals surface area contributed by atoms with Gasteiger partial charge in [-0.2, -0.15) is 0 Å². The number of nitrogen functional groups attached to an aromatic ring is 1. The molecule has 0 fully saturated rings. The molecule has 1 heterocycles. The van der Waals surface area contributed by atoms with Crippen LogP contribution in [0.2, 0.25) is 0 Å². The van der Waals surface area contributed by atoms with Gasteiger partial charge in [0, 0.05) is 7.05 Å². The predicted octanol–water partition coefficient (Wildman–Crippen LogP) is 2.74. The standard InChI is InChI=1S/C12H23N3O/c1-3-4-5-6-7-8-9-16-12-11(13)10-15(2)14-12/h10H,3-9,13H2,1-2H3. The second-order valence-corrected chi connectivity index (χ2v) is 4.18. The van der Waals surface area contributed by atoms with E-state index in [1.807, 2.05) is 7.05 Å². The van der Waals surface area contributed by atoms with E-state index in [1.54, 1.807) is 10.9 Å². The van der Waals surface area contributed by atoms with Crippen LogP contribution in [0, 0.1) is 0 Å². The second-order valence-electron chi connectivity index (χ2n) is 4.18. The molecule has 0 saturated heterocycles. The molecule has 0 unspecified atom stereocenters. The zero-order valence-corrected chi connectivity index (χ0v) is 10.4. The highest BCUT2D eigenvalue weighted by molar-refractivity contribution is 5.45. The number of unbranched alkanes of at least 4 members (excludes halogenated alkanes) is 5. The topological polar surface area (TPSA) is 53.1 Å². The van der Waals surface area contributed by atoms with E-state index in [9.17, 15) is 0 Å². The summed E-state index contributed by atoms with van der Waals surface area (Å²) in [6.07, 6.45) is 9.34. The average molecular weight is 225 g/mol. The fraction of sp³-hybridized carbons (Fsp3) is 0.750. The summed E-state index contributed by atoms with van der Waals surface area (Å²) in [6, 6.07) is 0. The molecule has 0 aromatic carbocycles. The molecule has 0 aliphatic carbocycles. The first-order valence-corrected chi connectivity index (χ1v) is 6.16. The van der Waals surface area contributed by atoms with Crippen molar-refractivity contribution in [2.45, 2.75) is 45.4 Å². The number of nitrogens with two attached hydrogens (primary N) is 1. The molecular weight excluding hydrogens is 202 g/mol. The third kappa shape index (κ3) is 4.55. The third-order valence-electron chi connectivity index (χ3n) is 2.56. The summed E-state index contributed by atoms with van der Waals surface area (Å²) in [6.45, 7) is 2.94. The van der Waals surface area contributed by atoms with Crippen LogP contribution >= 0.6 is 0 Å². The monoisotopic (exact) mass is 225 g/mol. The molecular formula is C12H23N3O. The molecule has 4 nitrogen and oxygen atoms in total. The van der Waals surface area contributed by atoms with Crippen LogP contribution < -0.4 is 10.5 Å². The molecule has 4 heteroatoms. The molecule has 0 spiro atoms. The van der Waals surface area contributed by atoms with Crippen LogP contribution in [0.3, 0.4) is 0 Å². The van der Waals surface area contributed by atoms with Crippen molar-refractivity contribution in [2.24, 2.45) is 7.05 Å². The van der Waals surface area contributed by atoms with Gasteiger partial charge >= 0.3 is 0 Å². The Hall–Kier alpha value is -1.19. The average Bonchev–Trinajstić information content (AvgIpc) is 2.56. The van der Waals surface area contributed by atoms with Crippen molar-refractivity contribution in [1.82, 2.24) is 9.78 Å². The van der Waals surface area contributed by atoms with Crippen molar-refractivity contribution in [3.8, 4) is 5.88 Å². The van der Waals surface area contributed by atoms with Crippen LogP contribution in [0.4, 0.5) is 5.69 Å². The molecule has 0 amide bonds. The lowest BCUT2D eigenvalue weighted by Gasteiger charge is -2.03. The van der Waals surface area contributed by atoms with Crippen LogP contribution in [0.25, 0.3) is 0 Å². The van der Waals surface area contributed by atoms with Crippen molar-refractivity contribution in [3.63, 3.8) is 0 Å². The summed E-state index contributed by atoms with van der Waals surface area (Å²) in [5.41, 5.74) is 6.33. The number of anilines is 1. The van der Waals surface area contributed by atoms with Crippen molar-refractivity contribution in [1.29, 1.82) is 0 Å². The number of nitrogens with zero attached hydrogens (tertiary/aromatic N) is 2. The molecule has 1 aromatic heterocycles. The maximum atomic E-state index is 5.71. The van der Waals surface area contributed by atoms with E-state index >= 15 is 0 Å². The number of aromatic nitrogens is 2. The number of rotatable bonds is 8. The Bertz CT molecular complexity index is 296. The van der Waals surface area contributed by atoms with Gasteiger partial charge in [0.1, 0.15) is 5.69 Å². The Morgan fingerprint density at radius 1 is 1.25 bits per heavy atom. The fourth-order valence-corrected chi connectivity index (χ4v) is 1.65. The number of ether oxygens (including phenoxy) is 1. The van der Waals surface area contributed by atoms with E-state index in [-0.39, 0.29) is 0 Å². The van der Waals surface area contributed by atoms with Gasteiger partial charge in [-0.05, 0) is 6.42 Å². The van der Waals surface area contributed by atoms with Gasteiger partial charge in [-0.25, -0.2) is 0 Å². The molecule has 0 saturated carbocycles. The smallest absolute Gasteiger partial charge is 0.256 e. The highest BCUT2D eigenvalue weighted by Gasteiger charge is 2.04. The lowest BCUT2D eigenvalue weighted by molar-refractivity contribution is 0.292. The molecule has 0 radical (unpaired) electrons. The normalized spacial score (nSPS) is 10.6. The first kappa shape index (κ1) is 12.9. The second kappa shape index (κ2) is 7.14. The van der Waals surface area contributed by atoms with E-state index in [0.29, 0.717) is 18.2 Å². The quantitative estimate of drug-likeness (QED) is 0.692. The molecule has 0 aliphatic heterocycles. The molecule has 0 aliphatic rings. The fourth-order valence-electron chi connectivity index (χ4n) is 1.65. The Labute approximate surface area is 97.8 Å². The van der Waals surface area contributed by atoms with Crippen molar-refractivity contribution >= 4 is 5.69 Å². The summed E-state index contributed by atoms with van der Waals surface area (Å²) in [7, 11) is 1.84. The van der Waals surface area contributed by atoms with Crippen LogP contribution in [-0.4, -0.2) is 16.4 Å². The SMILES string of the molecule is CCCCCCCCOc1nn(C)cc1N.